The van der Waals surface area contributed by atoms with Gasteiger partial charge in [0.25, 0.3) is 10.0 Å². The molecule has 29 heavy (non-hydrogen) atoms. The fourth-order valence-electron chi connectivity index (χ4n) is 2.81. The topological polar surface area (TPSA) is 75.7 Å². The Balaban J connectivity index is 1.98. The molecule has 0 fully saturated rings. The van der Waals surface area contributed by atoms with E-state index < -0.39 is 16.0 Å². The number of carbonyl (C=O) groups excluding carboxylic acids is 1. The molecule has 6 nitrogen and oxygen atoms in total. The Morgan fingerprint density at radius 1 is 1.00 bits per heavy atom. The summed E-state index contributed by atoms with van der Waals surface area (Å²) in [5.41, 5.74) is 1.85. The fourth-order valence-corrected chi connectivity index (χ4v) is 3.87. The highest BCUT2D eigenvalue weighted by Gasteiger charge is 2.15. The average Bonchev–Trinajstić information content (AvgIpc) is 2.71. The largest absolute Gasteiger partial charge is 0.461 e. The maximum atomic E-state index is 12.6. The minimum Gasteiger partial charge on any atom is -0.461 e. The van der Waals surface area contributed by atoms with E-state index in [0.717, 1.165) is 18.7 Å². The van der Waals surface area contributed by atoms with Gasteiger partial charge in [0, 0.05) is 12.2 Å². The summed E-state index contributed by atoms with van der Waals surface area (Å²) in [6.45, 7) is 11.0. The standard InChI is InChI=1S/C22H30N2O4S/c1-5-24(6-2)15-16-28-22(25)19-7-11-20(12-8-19)23-29(26,27)21-13-9-18(10-14-21)17(3)4/h7-14,17,23H,5-6,15-16H2,1-4H3. The van der Waals surface area contributed by atoms with Crippen LogP contribution in [0.4, 0.5) is 5.69 Å². The molecule has 0 saturated carbocycles. The van der Waals surface area contributed by atoms with Gasteiger partial charge in [0.15, 0.2) is 0 Å². The number of likely N-dealkylation sites (N-methyl/N-ethyl adjacent to an activating group) is 1. The second-order valence-corrected chi connectivity index (χ2v) is 8.75. The third kappa shape index (κ3) is 6.58. The van der Waals surface area contributed by atoms with Crippen LogP contribution >= 0.6 is 0 Å². The number of nitrogens with one attached hydrogen (secondary N) is 1. The van der Waals surface area contributed by atoms with E-state index in [2.05, 4.69) is 37.3 Å². The van der Waals surface area contributed by atoms with Crippen LogP contribution in [-0.4, -0.2) is 45.5 Å². The lowest BCUT2D eigenvalue weighted by molar-refractivity contribution is 0.0466. The van der Waals surface area contributed by atoms with Gasteiger partial charge in [-0.3, -0.25) is 4.72 Å². The number of nitrogens with zero attached hydrogens (tertiary/aromatic N) is 1. The van der Waals surface area contributed by atoms with Gasteiger partial charge in [-0.2, -0.15) is 0 Å². The number of benzene rings is 2. The normalized spacial score (nSPS) is 11.7. The van der Waals surface area contributed by atoms with Crippen LogP contribution in [0.15, 0.2) is 53.4 Å². The number of hydrogen-bond donors (Lipinski definition) is 1. The van der Waals surface area contributed by atoms with E-state index in [1.54, 1.807) is 36.4 Å². The Hall–Kier alpha value is -2.38. The van der Waals surface area contributed by atoms with Crippen molar-refractivity contribution in [1.82, 2.24) is 4.90 Å². The van der Waals surface area contributed by atoms with Crippen molar-refractivity contribution in [1.29, 1.82) is 0 Å². The van der Waals surface area contributed by atoms with Gasteiger partial charge in [-0.25, -0.2) is 13.2 Å². The molecule has 0 aliphatic carbocycles. The van der Waals surface area contributed by atoms with Gasteiger partial charge in [-0.1, -0.05) is 39.8 Å². The number of carbonyl (C=O) groups is 1. The summed E-state index contributed by atoms with van der Waals surface area (Å²) in [7, 11) is -3.69. The highest BCUT2D eigenvalue weighted by atomic mass is 32.2. The molecule has 158 valence electrons. The molecule has 0 aliphatic rings. The quantitative estimate of drug-likeness (QED) is 0.588. The molecule has 0 aromatic heterocycles. The number of sulfonamides is 1. The Labute approximate surface area is 173 Å². The van der Waals surface area contributed by atoms with E-state index in [1.165, 1.54) is 0 Å². The molecule has 2 rings (SSSR count). The van der Waals surface area contributed by atoms with Crippen molar-refractivity contribution in [2.24, 2.45) is 0 Å². The Bertz CT molecular complexity index is 887. The first-order chi connectivity index (χ1) is 13.8. The molecular formula is C22H30N2O4S. The number of esters is 1. The average molecular weight is 419 g/mol. The van der Waals surface area contributed by atoms with Crippen LogP contribution in [0, 0.1) is 0 Å². The van der Waals surface area contributed by atoms with Crippen LogP contribution in [0.5, 0.6) is 0 Å². The molecule has 0 atom stereocenters. The van der Waals surface area contributed by atoms with Crippen LogP contribution < -0.4 is 4.72 Å². The summed E-state index contributed by atoms with van der Waals surface area (Å²) in [5, 5.41) is 0. The smallest absolute Gasteiger partial charge is 0.338 e. The number of ether oxygens (including phenoxy) is 1. The zero-order valence-corrected chi connectivity index (χ0v) is 18.3. The molecule has 2 aromatic rings. The molecule has 0 saturated heterocycles. The van der Waals surface area contributed by atoms with Gasteiger partial charge >= 0.3 is 5.97 Å². The Morgan fingerprint density at radius 3 is 2.10 bits per heavy atom. The second-order valence-electron chi connectivity index (χ2n) is 7.07. The summed E-state index contributed by atoms with van der Waals surface area (Å²) in [6.07, 6.45) is 0. The van der Waals surface area contributed by atoms with E-state index in [0.29, 0.717) is 30.3 Å². The first-order valence-corrected chi connectivity index (χ1v) is 11.4. The van der Waals surface area contributed by atoms with Crippen molar-refractivity contribution in [3.8, 4) is 0 Å². The summed E-state index contributed by atoms with van der Waals surface area (Å²) in [4.78, 5) is 14.5. The van der Waals surface area contributed by atoms with Gasteiger partial charge in [0.05, 0.1) is 10.5 Å². The molecule has 0 spiro atoms. The summed E-state index contributed by atoms with van der Waals surface area (Å²) in [5.74, 6) is -0.0881. The van der Waals surface area contributed by atoms with Crippen LogP contribution in [0.25, 0.3) is 0 Å². The first kappa shape index (κ1) is 22.9. The zero-order chi connectivity index (χ0) is 21.4. The van der Waals surface area contributed by atoms with Crippen LogP contribution in [-0.2, 0) is 14.8 Å². The predicted octanol–water partition coefficient (Wildman–Crippen LogP) is 4.11. The first-order valence-electron chi connectivity index (χ1n) is 9.89. The summed E-state index contributed by atoms with van der Waals surface area (Å²) >= 11 is 0. The van der Waals surface area contributed by atoms with Gasteiger partial charge in [0.1, 0.15) is 6.61 Å². The Morgan fingerprint density at radius 2 is 1.59 bits per heavy atom. The fraction of sp³-hybridized carbons (Fsp3) is 0.409. The van der Waals surface area contributed by atoms with Crippen molar-refractivity contribution in [3.63, 3.8) is 0 Å². The molecular weight excluding hydrogens is 388 g/mol. The van der Waals surface area contributed by atoms with Crippen LogP contribution in [0.3, 0.4) is 0 Å². The third-order valence-electron chi connectivity index (χ3n) is 4.76. The van der Waals surface area contributed by atoms with Gasteiger partial charge in [-0.15, -0.1) is 0 Å². The van der Waals surface area contributed by atoms with Crippen LogP contribution in [0.2, 0.25) is 0 Å². The molecule has 0 unspecified atom stereocenters. The lowest BCUT2D eigenvalue weighted by atomic mass is 10.0. The molecule has 0 radical (unpaired) electrons. The maximum absolute atomic E-state index is 12.6. The van der Waals surface area contributed by atoms with Gasteiger partial charge < -0.3 is 9.64 Å². The van der Waals surface area contributed by atoms with Crippen LogP contribution in [0.1, 0.15) is 49.5 Å². The Kier molecular flexibility index (Phi) is 8.22. The van der Waals surface area contributed by atoms with E-state index in [-0.39, 0.29) is 4.90 Å². The molecule has 0 amide bonds. The van der Waals surface area contributed by atoms with Gasteiger partial charge in [-0.05, 0) is 61.0 Å². The van der Waals surface area contributed by atoms with E-state index in [4.69, 9.17) is 4.74 Å². The van der Waals surface area contributed by atoms with Crippen molar-refractivity contribution in [2.75, 3.05) is 31.0 Å². The van der Waals surface area contributed by atoms with Crippen molar-refractivity contribution in [3.05, 3.63) is 59.7 Å². The number of rotatable bonds is 10. The zero-order valence-electron chi connectivity index (χ0n) is 17.5. The molecule has 0 bridgehead atoms. The van der Waals surface area contributed by atoms with Crippen molar-refractivity contribution < 1.29 is 17.9 Å². The minimum atomic E-state index is -3.69. The SMILES string of the molecule is CCN(CC)CCOC(=O)c1ccc(NS(=O)(=O)c2ccc(C(C)C)cc2)cc1. The monoisotopic (exact) mass is 418 g/mol. The van der Waals surface area contributed by atoms with E-state index in [1.807, 2.05) is 12.1 Å². The molecule has 1 N–H and O–H groups in total. The maximum Gasteiger partial charge on any atom is 0.338 e. The highest BCUT2D eigenvalue weighted by molar-refractivity contribution is 7.92. The second kappa shape index (κ2) is 10.4. The highest BCUT2D eigenvalue weighted by Crippen LogP contribution is 2.20. The molecule has 0 heterocycles. The number of hydrogen-bond acceptors (Lipinski definition) is 5. The van der Waals surface area contributed by atoms with E-state index in [9.17, 15) is 13.2 Å². The van der Waals surface area contributed by atoms with Crippen molar-refractivity contribution >= 4 is 21.7 Å². The summed E-state index contributed by atoms with van der Waals surface area (Å²) in [6, 6.07) is 13.0. The predicted molar refractivity (Wildman–Crippen MR) is 116 cm³/mol. The van der Waals surface area contributed by atoms with Gasteiger partial charge in [0.2, 0.25) is 0 Å². The van der Waals surface area contributed by atoms with Crippen molar-refractivity contribution in [2.45, 2.75) is 38.5 Å². The minimum absolute atomic E-state index is 0.196. The third-order valence-corrected chi connectivity index (χ3v) is 6.16. The van der Waals surface area contributed by atoms with E-state index >= 15 is 0 Å². The lowest BCUT2D eigenvalue weighted by Crippen LogP contribution is -2.27. The molecule has 7 heteroatoms. The lowest BCUT2D eigenvalue weighted by Gasteiger charge is -2.17. The molecule has 0 aliphatic heterocycles. The summed E-state index contributed by atoms with van der Waals surface area (Å²) < 4.78 is 32.9. The molecule has 2 aromatic carbocycles. The number of anilines is 1.